The van der Waals surface area contributed by atoms with Crippen LogP contribution in [0.2, 0.25) is 0 Å². The van der Waals surface area contributed by atoms with Crippen molar-refractivity contribution in [1.29, 1.82) is 0 Å². The molecule has 0 aliphatic carbocycles. The molecule has 0 spiro atoms. The average molecular weight is 216 g/mol. The highest BCUT2D eigenvalue weighted by molar-refractivity contribution is 5.96. The summed E-state index contributed by atoms with van der Waals surface area (Å²) in [6.45, 7) is 0.666. The van der Waals surface area contributed by atoms with Gasteiger partial charge in [-0.1, -0.05) is 35.5 Å². The van der Waals surface area contributed by atoms with Crippen molar-refractivity contribution in [3.05, 3.63) is 53.9 Å². The number of aromatic nitrogens is 2. The van der Waals surface area contributed by atoms with Crippen LogP contribution >= 0.6 is 0 Å². The second-order valence-electron chi connectivity index (χ2n) is 3.40. The van der Waals surface area contributed by atoms with Crippen LogP contribution in [0.5, 0.6) is 0 Å². The van der Waals surface area contributed by atoms with Crippen LogP contribution in [-0.4, -0.2) is 20.8 Å². The Bertz CT molecular complexity index is 490. The number of amidine groups is 1. The van der Waals surface area contributed by atoms with Gasteiger partial charge in [0.1, 0.15) is 0 Å². The maximum Gasteiger partial charge on any atom is 0.173 e. The van der Waals surface area contributed by atoms with Gasteiger partial charge < -0.3 is 10.9 Å². The lowest BCUT2D eigenvalue weighted by molar-refractivity contribution is 0.318. The summed E-state index contributed by atoms with van der Waals surface area (Å²) in [6, 6.07) is 9.96. The van der Waals surface area contributed by atoms with Crippen molar-refractivity contribution in [2.75, 3.05) is 0 Å². The van der Waals surface area contributed by atoms with E-state index < -0.39 is 0 Å². The highest BCUT2D eigenvalue weighted by Crippen LogP contribution is 2.03. The van der Waals surface area contributed by atoms with Crippen LogP contribution in [0.3, 0.4) is 0 Å². The number of hydrogen-bond donors (Lipinski definition) is 2. The van der Waals surface area contributed by atoms with Gasteiger partial charge in [0, 0.05) is 6.20 Å². The first-order valence-corrected chi connectivity index (χ1v) is 4.84. The lowest BCUT2D eigenvalue weighted by Gasteiger charge is -2.00. The van der Waals surface area contributed by atoms with Crippen LogP contribution < -0.4 is 5.73 Å². The molecule has 0 bridgehead atoms. The molecule has 0 atom stereocenters. The minimum atomic E-state index is 0.0688. The first-order valence-electron chi connectivity index (χ1n) is 4.84. The molecule has 0 saturated heterocycles. The summed E-state index contributed by atoms with van der Waals surface area (Å²) in [5.41, 5.74) is 7.21. The molecule has 82 valence electrons. The zero-order chi connectivity index (χ0) is 11.4. The van der Waals surface area contributed by atoms with Gasteiger partial charge in [0.15, 0.2) is 5.84 Å². The fraction of sp³-hybridized carbons (Fsp3) is 0.0909. The maximum atomic E-state index is 8.51. The molecule has 0 aliphatic rings. The monoisotopic (exact) mass is 216 g/mol. The lowest BCUT2D eigenvalue weighted by Crippen LogP contribution is -2.12. The van der Waals surface area contributed by atoms with Crippen molar-refractivity contribution in [3.8, 4) is 0 Å². The number of oxime groups is 1. The summed E-state index contributed by atoms with van der Waals surface area (Å²) >= 11 is 0. The van der Waals surface area contributed by atoms with Crippen molar-refractivity contribution in [2.24, 2.45) is 10.9 Å². The molecule has 1 aromatic heterocycles. The van der Waals surface area contributed by atoms with E-state index in [1.54, 1.807) is 17.1 Å². The Balaban J connectivity index is 2.15. The number of nitrogens with two attached hydrogens (primary N) is 1. The van der Waals surface area contributed by atoms with E-state index in [4.69, 9.17) is 10.9 Å². The molecule has 0 amide bonds. The van der Waals surface area contributed by atoms with Gasteiger partial charge in [-0.2, -0.15) is 5.10 Å². The molecule has 2 rings (SSSR count). The van der Waals surface area contributed by atoms with Crippen LogP contribution in [0.4, 0.5) is 0 Å². The second kappa shape index (κ2) is 4.48. The summed E-state index contributed by atoms with van der Waals surface area (Å²) in [6.07, 6.45) is 3.31. The minimum absolute atomic E-state index is 0.0688. The van der Waals surface area contributed by atoms with E-state index in [2.05, 4.69) is 10.3 Å². The zero-order valence-corrected chi connectivity index (χ0v) is 8.61. The SMILES string of the molecule is N/C(=N\O)c1cnn(Cc2ccccc2)c1. The van der Waals surface area contributed by atoms with Crippen molar-refractivity contribution in [3.63, 3.8) is 0 Å². The lowest BCUT2D eigenvalue weighted by atomic mass is 10.2. The van der Waals surface area contributed by atoms with Crippen LogP contribution in [0, 0.1) is 0 Å². The molecule has 2 aromatic rings. The molecule has 3 N–H and O–H groups in total. The largest absolute Gasteiger partial charge is 0.409 e. The molecular formula is C11H12N4O. The smallest absolute Gasteiger partial charge is 0.173 e. The maximum absolute atomic E-state index is 8.51. The Morgan fingerprint density at radius 2 is 2.12 bits per heavy atom. The van der Waals surface area contributed by atoms with E-state index in [0.29, 0.717) is 12.1 Å². The van der Waals surface area contributed by atoms with E-state index in [-0.39, 0.29) is 5.84 Å². The fourth-order valence-corrected chi connectivity index (χ4v) is 1.41. The van der Waals surface area contributed by atoms with Gasteiger partial charge in [-0.3, -0.25) is 4.68 Å². The van der Waals surface area contributed by atoms with Crippen LogP contribution in [-0.2, 0) is 6.54 Å². The Morgan fingerprint density at radius 1 is 1.38 bits per heavy atom. The van der Waals surface area contributed by atoms with Crippen molar-refractivity contribution in [1.82, 2.24) is 9.78 Å². The molecule has 0 saturated carbocycles. The predicted octanol–water partition coefficient (Wildman–Crippen LogP) is 1.03. The molecule has 16 heavy (non-hydrogen) atoms. The van der Waals surface area contributed by atoms with E-state index in [1.165, 1.54) is 0 Å². The normalized spacial score (nSPS) is 11.6. The summed E-state index contributed by atoms with van der Waals surface area (Å²) in [5, 5.41) is 15.6. The zero-order valence-electron chi connectivity index (χ0n) is 8.61. The van der Waals surface area contributed by atoms with Crippen molar-refractivity contribution < 1.29 is 5.21 Å². The number of rotatable bonds is 3. The van der Waals surface area contributed by atoms with Crippen LogP contribution in [0.1, 0.15) is 11.1 Å². The number of hydrogen-bond acceptors (Lipinski definition) is 3. The highest BCUT2D eigenvalue weighted by Gasteiger charge is 2.03. The van der Waals surface area contributed by atoms with Gasteiger partial charge in [0.05, 0.1) is 18.3 Å². The molecule has 0 fully saturated rings. The molecule has 5 heteroatoms. The molecule has 0 radical (unpaired) electrons. The van der Waals surface area contributed by atoms with Gasteiger partial charge in [-0.05, 0) is 5.56 Å². The van der Waals surface area contributed by atoms with E-state index >= 15 is 0 Å². The quantitative estimate of drug-likeness (QED) is 0.348. The Morgan fingerprint density at radius 3 is 2.81 bits per heavy atom. The van der Waals surface area contributed by atoms with Gasteiger partial charge in [0.25, 0.3) is 0 Å². The summed E-state index contributed by atoms with van der Waals surface area (Å²) in [7, 11) is 0. The summed E-state index contributed by atoms with van der Waals surface area (Å²) < 4.78 is 1.74. The number of nitrogens with zero attached hydrogens (tertiary/aromatic N) is 3. The third-order valence-corrected chi connectivity index (χ3v) is 2.22. The van der Waals surface area contributed by atoms with Gasteiger partial charge in [0.2, 0.25) is 0 Å². The Hall–Kier alpha value is -2.30. The Labute approximate surface area is 92.8 Å². The molecule has 0 unspecified atom stereocenters. The van der Waals surface area contributed by atoms with Crippen molar-refractivity contribution in [2.45, 2.75) is 6.54 Å². The topological polar surface area (TPSA) is 76.4 Å². The molecule has 5 nitrogen and oxygen atoms in total. The van der Waals surface area contributed by atoms with E-state index in [9.17, 15) is 0 Å². The predicted molar refractivity (Wildman–Crippen MR) is 60.3 cm³/mol. The molecule has 0 aliphatic heterocycles. The molecule has 1 heterocycles. The van der Waals surface area contributed by atoms with Gasteiger partial charge >= 0.3 is 0 Å². The third-order valence-electron chi connectivity index (χ3n) is 2.22. The third kappa shape index (κ3) is 2.20. The molecule has 1 aromatic carbocycles. The fourth-order valence-electron chi connectivity index (χ4n) is 1.41. The second-order valence-corrected chi connectivity index (χ2v) is 3.40. The number of benzene rings is 1. The summed E-state index contributed by atoms with van der Waals surface area (Å²) in [4.78, 5) is 0. The van der Waals surface area contributed by atoms with Gasteiger partial charge in [-0.15, -0.1) is 0 Å². The average Bonchev–Trinajstić information content (AvgIpc) is 2.78. The van der Waals surface area contributed by atoms with Gasteiger partial charge in [-0.25, -0.2) is 0 Å². The van der Waals surface area contributed by atoms with Crippen molar-refractivity contribution >= 4 is 5.84 Å². The minimum Gasteiger partial charge on any atom is -0.409 e. The highest BCUT2D eigenvalue weighted by atomic mass is 16.4. The first-order chi connectivity index (χ1) is 7.79. The molecular weight excluding hydrogens is 204 g/mol. The first kappa shape index (κ1) is 10.2. The standard InChI is InChI=1S/C11H12N4O/c12-11(14-16)10-6-13-15(8-10)7-9-4-2-1-3-5-9/h1-6,8,16H,7H2,(H2,12,14). The van der Waals surface area contributed by atoms with E-state index in [1.807, 2.05) is 30.3 Å². The van der Waals surface area contributed by atoms with E-state index in [0.717, 1.165) is 5.56 Å². The van der Waals surface area contributed by atoms with Crippen LogP contribution in [0.15, 0.2) is 47.9 Å². The van der Waals surface area contributed by atoms with Crippen LogP contribution in [0.25, 0.3) is 0 Å². The summed E-state index contributed by atoms with van der Waals surface area (Å²) in [5.74, 6) is 0.0688. The Kier molecular flexibility index (Phi) is 2.86.